The molecule has 2 heterocycles. The fourth-order valence-corrected chi connectivity index (χ4v) is 9.14. The number of Topliss-reactive ketones (excluding diaryl/α,β-unsaturated/α-hetero) is 1. The Hall–Kier alpha value is -5.87. The van der Waals surface area contributed by atoms with Crippen LogP contribution in [0.25, 0.3) is 0 Å². The highest BCUT2D eigenvalue weighted by atomic mass is 16.5. The number of aliphatic hydroxyl groups is 1. The lowest BCUT2D eigenvalue weighted by Gasteiger charge is -2.50. The highest BCUT2D eigenvalue weighted by molar-refractivity contribution is 6.22. The van der Waals surface area contributed by atoms with Crippen molar-refractivity contribution in [3.63, 3.8) is 0 Å². The molecule has 0 spiro atoms. The van der Waals surface area contributed by atoms with Gasteiger partial charge in [0.1, 0.15) is 12.4 Å². The lowest BCUT2D eigenvalue weighted by Crippen LogP contribution is -2.53. The number of anilines is 2. The minimum absolute atomic E-state index is 0.117. The first kappa shape index (κ1) is 34.2. The van der Waals surface area contributed by atoms with E-state index in [1.807, 2.05) is 79.7 Å². The van der Waals surface area contributed by atoms with Crippen molar-refractivity contribution < 1.29 is 33.8 Å². The molecule has 2 N–H and O–H groups in total. The maximum Gasteiger partial charge on any atom is 0.260 e. The second kappa shape index (κ2) is 13.3. The standard InChI is InChI=1S/C43H39N3O7/c1-25-8-14-30(15-9-25)44-46-40(50)36-24-35-33(20-21-34-37(35)41(51)45(39(34)49)31-16-10-27(11-17-31)26(2)48)38(28-12-18-32(19-13-28)53-23-22-47)43(36,42(46)52)29-6-4-3-5-7-29/h3-20,34-38,44,47H,21-24H2,1-2H3/t34-,35+,36-,37-,38-,43+/m0/s1. The molecular weight excluding hydrogens is 670 g/mol. The van der Waals surface area contributed by atoms with E-state index in [1.54, 1.807) is 36.4 Å². The Morgan fingerprint density at radius 2 is 1.55 bits per heavy atom. The van der Waals surface area contributed by atoms with Crippen molar-refractivity contribution in [3.05, 3.63) is 137 Å². The van der Waals surface area contributed by atoms with Gasteiger partial charge in [0, 0.05) is 11.5 Å². The van der Waals surface area contributed by atoms with Gasteiger partial charge in [0.25, 0.3) is 11.8 Å². The summed E-state index contributed by atoms with van der Waals surface area (Å²) in [7, 11) is 0. The molecule has 0 aromatic heterocycles. The van der Waals surface area contributed by atoms with E-state index < -0.39 is 46.8 Å². The van der Waals surface area contributed by atoms with Gasteiger partial charge in [-0.2, -0.15) is 5.01 Å². The number of aryl methyl sites for hydroxylation is 1. The van der Waals surface area contributed by atoms with E-state index in [-0.39, 0.29) is 37.2 Å². The number of allylic oxidation sites excluding steroid dienone is 2. The number of ether oxygens (including phenoxy) is 1. The number of fused-ring (bicyclic) bond motifs is 4. The molecule has 2 aliphatic heterocycles. The predicted octanol–water partition coefficient (Wildman–Crippen LogP) is 5.76. The third kappa shape index (κ3) is 5.39. The molecule has 53 heavy (non-hydrogen) atoms. The first-order valence-corrected chi connectivity index (χ1v) is 17.9. The van der Waals surface area contributed by atoms with Gasteiger partial charge in [0.05, 0.1) is 41.2 Å². The van der Waals surface area contributed by atoms with Gasteiger partial charge in [-0.05, 0) is 92.3 Å². The quantitative estimate of drug-likeness (QED) is 0.127. The Labute approximate surface area is 307 Å². The summed E-state index contributed by atoms with van der Waals surface area (Å²) in [5.74, 6) is -4.50. The fraction of sp³-hybridized carbons (Fsp3) is 0.279. The molecule has 0 radical (unpaired) electrons. The zero-order chi connectivity index (χ0) is 37.0. The third-order valence-corrected chi connectivity index (χ3v) is 11.5. The molecule has 3 fully saturated rings. The average molecular weight is 710 g/mol. The summed E-state index contributed by atoms with van der Waals surface area (Å²) < 4.78 is 5.68. The highest BCUT2D eigenvalue weighted by Crippen LogP contribution is 2.64. The van der Waals surface area contributed by atoms with Crippen LogP contribution in [0.4, 0.5) is 11.4 Å². The van der Waals surface area contributed by atoms with E-state index in [0.29, 0.717) is 34.7 Å². The van der Waals surface area contributed by atoms with Crippen LogP contribution in [-0.4, -0.2) is 52.7 Å². The first-order valence-electron chi connectivity index (χ1n) is 17.9. The number of nitrogens with zero attached hydrogens (tertiary/aromatic N) is 2. The zero-order valence-electron chi connectivity index (χ0n) is 29.4. The van der Waals surface area contributed by atoms with E-state index in [0.717, 1.165) is 21.7 Å². The van der Waals surface area contributed by atoms with Gasteiger partial charge in [-0.25, -0.2) is 0 Å². The molecule has 268 valence electrons. The van der Waals surface area contributed by atoms with Gasteiger partial charge in [-0.3, -0.25) is 34.3 Å². The molecule has 4 aromatic rings. The number of imide groups is 2. The number of hydrogen-bond acceptors (Lipinski definition) is 8. The maximum atomic E-state index is 15.3. The summed E-state index contributed by atoms with van der Waals surface area (Å²) in [6.45, 7) is 3.39. The lowest BCUT2D eigenvalue weighted by atomic mass is 9.49. The van der Waals surface area contributed by atoms with Gasteiger partial charge in [-0.1, -0.05) is 71.8 Å². The van der Waals surface area contributed by atoms with Gasteiger partial charge >= 0.3 is 0 Å². The largest absolute Gasteiger partial charge is 0.491 e. The molecule has 6 atom stereocenters. The Morgan fingerprint density at radius 1 is 0.849 bits per heavy atom. The first-order chi connectivity index (χ1) is 25.6. The number of amides is 4. The van der Waals surface area contributed by atoms with E-state index in [1.165, 1.54) is 11.8 Å². The molecule has 0 unspecified atom stereocenters. The minimum Gasteiger partial charge on any atom is -0.491 e. The van der Waals surface area contributed by atoms with Crippen molar-refractivity contribution in [2.24, 2.45) is 23.7 Å². The van der Waals surface area contributed by atoms with Crippen molar-refractivity contribution >= 4 is 40.8 Å². The SMILES string of the molecule is CC(=O)c1ccc(N2C(=O)[C@H]3[C@H](CC=C4[C@H]3C[C@H]3C(=O)N(Nc5ccc(C)cc5)C(=O)[C@@]3(c3ccccc3)[C@H]4c3ccc(OCCO)cc3)C2=O)cc1. The van der Waals surface area contributed by atoms with Crippen LogP contribution in [0.5, 0.6) is 5.75 Å². The number of hydrazine groups is 1. The molecule has 8 rings (SSSR count). The van der Waals surface area contributed by atoms with Crippen LogP contribution in [0.2, 0.25) is 0 Å². The number of aliphatic hydroxyl groups excluding tert-OH is 1. The van der Waals surface area contributed by atoms with Crippen LogP contribution >= 0.6 is 0 Å². The van der Waals surface area contributed by atoms with Gasteiger partial charge in [0.2, 0.25) is 11.8 Å². The Morgan fingerprint density at radius 3 is 2.21 bits per heavy atom. The number of nitrogens with one attached hydrogen (secondary N) is 1. The monoisotopic (exact) mass is 709 g/mol. The Balaban J connectivity index is 1.27. The fourth-order valence-electron chi connectivity index (χ4n) is 9.14. The molecule has 1 saturated carbocycles. The third-order valence-electron chi connectivity index (χ3n) is 11.5. The molecule has 10 heteroatoms. The van der Waals surface area contributed by atoms with Crippen LogP contribution < -0.4 is 15.1 Å². The summed E-state index contributed by atoms with van der Waals surface area (Å²) in [6.07, 6.45) is 2.50. The number of ketones is 1. The van der Waals surface area contributed by atoms with Gasteiger partial charge in [-0.15, -0.1) is 0 Å². The molecule has 4 amide bonds. The van der Waals surface area contributed by atoms with Gasteiger partial charge in [0.15, 0.2) is 5.78 Å². The number of rotatable bonds is 9. The van der Waals surface area contributed by atoms with Crippen molar-refractivity contribution in [1.29, 1.82) is 0 Å². The smallest absolute Gasteiger partial charge is 0.260 e. The minimum atomic E-state index is -1.38. The van der Waals surface area contributed by atoms with Crippen molar-refractivity contribution in [2.75, 3.05) is 23.5 Å². The van der Waals surface area contributed by atoms with Crippen molar-refractivity contribution in [3.8, 4) is 5.75 Å². The zero-order valence-corrected chi connectivity index (χ0v) is 29.4. The van der Waals surface area contributed by atoms with E-state index >= 15 is 4.79 Å². The second-order valence-electron chi connectivity index (χ2n) is 14.3. The Bertz CT molecular complexity index is 2150. The van der Waals surface area contributed by atoms with Crippen LogP contribution in [0.15, 0.2) is 115 Å². The van der Waals surface area contributed by atoms with E-state index in [4.69, 9.17) is 4.74 Å². The van der Waals surface area contributed by atoms with Crippen LogP contribution in [-0.2, 0) is 24.6 Å². The summed E-state index contributed by atoms with van der Waals surface area (Å²) in [5.41, 5.74) is 6.52. The van der Waals surface area contributed by atoms with Crippen molar-refractivity contribution in [2.45, 2.75) is 38.0 Å². The molecule has 4 aliphatic rings. The second-order valence-corrected chi connectivity index (χ2v) is 14.3. The molecule has 10 nitrogen and oxygen atoms in total. The highest BCUT2D eigenvalue weighted by Gasteiger charge is 2.70. The Kier molecular flexibility index (Phi) is 8.57. The topological polar surface area (TPSA) is 133 Å². The normalized spacial score (nSPS) is 26.2. The van der Waals surface area contributed by atoms with Crippen LogP contribution in [0, 0.1) is 30.6 Å². The number of benzene rings is 4. The summed E-state index contributed by atoms with van der Waals surface area (Å²) >= 11 is 0. The van der Waals surface area contributed by atoms with Crippen molar-refractivity contribution in [1.82, 2.24) is 5.01 Å². The van der Waals surface area contributed by atoms with Gasteiger partial charge < -0.3 is 9.84 Å². The predicted molar refractivity (Wildman–Crippen MR) is 197 cm³/mol. The number of carbonyl (C=O) groups is 5. The molecule has 2 saturated heterocycles. The number of carbonyl (C=O) groups excluding carboxylic acids is 5. The van der Waals surface area contributed by atoms with Crippen LogP contribution in [0.3, 0.4) is 0 Å². The van der Waals surface area contributed by atoms with Crippen LogP contribution in [0.1, 0.15) is 52.7 Å². The lowest BCUT2D eigenvalue weighted by molar-refractivity contribution is -0.138. The molecule has 2 aliphatic carbocycles. The summed E-state index contributed by atoms with van der Waals surface area (Å²) in [5, 5.41) is 10.5. The molecule has 4 aromatic carbocycles. The summed E-state index contributed by atoms with van der Waals surface area (Å²) in [6, 6.07) is 30.6. The molecule has 0 bridgehead atoms. The number of hydrogen-bond donors (Lipinski definition) is 2. The summed E-state index contributed by atoms with van der Waals surface area (Å²) in [4.78, 5) is 71.9. The van der Waals surface area contributed by atoms with E-state index in [9.17, 15) is 24.3 Å². The maximum absolute atomic E-state index is 15.3. The average Bonchev–Trinajstić information content (AvgIpc) is 3.56. The molecular formula is C43H39N3O7. The van der Waals surface area contributed by atoms with E-state index in [2.05, 4.69) is 5.43 Å².